The van der Waals surface area contributed by atoms with E-state index in [4.69, 9.17) is 18.9 Å². The second-order valence-corrected chi connectivity index (χ2v) is 19.7. The van der Waals surface area contributed by atoms with Gasteiger partial charge < -0.3 is 29.6 Å². The van der Waals surface area contributed by atoms with Crippen molar-refractivity contribution in [3.05, 3.63) is 29.8 Å². The molecule has 0 heterocycles. The smallest absolute Gasteiger partial charge is 0.329 e. The summed E-state index contributed by atoms with van der Waals surface area (Å²) in [6, 6.07) is 5.17. The summed E-state index contributed by atoms with van der Waals surface area (Å²) in [5.41, 5.74) is -0.752. The summed E-state index contributed by atoms with van der Waals surface area (Å²) < 4.78 is 22.2. The molecule has 1 rings (SSSR count). The predicted molar refractivity (Wildman–Crippen MR) is 254 cm³/mol. The fourth-order valence-corrected chi connectivity index (χ4v) is 7.53. The molecule has 360 valence electrons. The topological polar surface area (TPSA) is 163 Å². The maximum atomic E-state index is 13.2. The van der Waals surface area contributed by atoms with E-state index in [1.165, 1.54) is 101 Å². The van der Waals surface area contributed by atoms with Gasteiger partial charge in [-0.2, -0.15) is 11.8 Å². The highest BCUT2D eigenvalue weighted by Gasteiger charge is 2.29. The molecule has 2 N–H and O–H groups in total. The first kappa shape index (κ1) is 57.4. The number of unbranched alkanes of at least 4 members (excludes halogenated alkanes) is 16. The quantitative estimate of drug-likeness (QED) is 0.0378. The van der Waals surface area contributed by atoms with Gasteiger partial charge in [0.25, 0.3) is 5.91 Å². The molecule has 0 aliphatic rings. The first-order chi connectivity index (χ1) is 29.9. The average molecular weight is 905 g/mol. The van der Waals surface area contributed by atoms with Crippen LogP contribution in [0, 0.1) is 0 Å². The molecule has 1 aromatic rings. The van der Waals surface area contributed by atoms with E-state index in [0.717, 1.165) is 38.5 Å². The average Bonchev–Trinajstić information content (AvgIpc) is 3.20. The van der Waals surface area contributed by atoms with Crippen LogP contribution in [0.1, 0.15) is 213 Å². The minimum absolute atomic E-state index is 0.00515. The fourth-order valence-electron chi connectivity index (χ4n) is 6.61. The van der Waals surface area contributed by atoms with Crippen molar-refractivity contribution >= 4 is 53.1 Å². The maximum absolute atomic E-state index is 13.2. The lowest BCUT2D eigenvalue weighted by atomic mass is 10.1. The van der Waals surface area contributed by atoms with Crippen LogP contribution >= 0.6 is 11.8 Å². The van der Waals surface area contributed by atoms with Crippen molar-refractivity contribution in [3.63, 3.8) is 0 Å². The van der Waals surface area contributed by atoms with Gasteiger partial charge in [-0.05, 0) is 85.1 Å². The fraction of sp³-hybridized carbons (Fsp3) is 0.760. The van der Waals surface area contributed by atoms with Gasteiger partial charge in [0, 0.05) is 48.4 Å². The maximum Gasteiger partial charge on any atom is 0.329 e. The SMILES string of the molecule is CCCCCCCCCCCC(=O)OCC(CSCCC(=O)Nc1ccc(C(=O)N[C@@H](CCC(=O)OC(C)(C)C)C(=O)OC(C)(C)C)cc1)OC(=O)CCCCCCCCCCC. The van der Waals surface area contributed by atoms with Crippen molar-refractivity contribution in [1.29, 1.82) is 0 Å². The Morgan fingerprint density at radius 3 is 1.59 bits per heavy atom. The van der Waals surface area contributed by atoms with Crippen LogP contribution in [0.25, 0.3) is 0 Å². The number of esters is 4. The molecule has 1 unspecified atom stereocenters. The van der Waals surface area contributed by atoms with Crippen molar-refractivity contribution in [3.8, 4) is 0 Å². The summed E-state index contributed by atoms with van der Waals surface area (Å²) in [5, 5.41) is 5.51. The standard InChI is InChI=1S/C50H84N2O10S/c1-9-11-13-15-17-19-21-23-25-27-44(54)59-37-41(60-45(55)28-26-24-22-20-18-16-14-12-10-2)38-63-36-35-43(53)51-40-31-29-39(30-32-40)47(57)52-42(48(58)62-50(6,7)8)33-34-46(56)61-49(3,4)5/h29-32,41-42H,9-28,33-38H2,1-8H3,(H,51,53)(H,52,57)/t41?,42-/m0/s1. The first-order valence-corrected chi connectivity index (χ1v) is 25.2. The Bertz CT molecular complexity index is 1450. The third-order valence-corrected chi connectivity index (χ3v) is 11.1. The number of carbonyl (C=O) groups is 6. The summed E-state index contributed by atoms with van der Waals surface area (Å²) in [6.07, 6.45) is 20.9. The van der Waals surface area contributed by atoms with Gasteiger partial charge in [0.1, 0.15) is 30.0 Å². The molecule has 0 aromatic heterocycles. The zero-order valence-electron chi connectivity index (χ0n) is 40.3. The number of benzene rings is 1. The molecule has 0 fully saturated rings. The number of nitrogens with one attached hydrogen (secondary N) is 2. The van der Waals surface area contributed by atoms with Crippen molar-refractivity contribution in [2.75, 3.05) is 23.4 Å². The van der Waals surface area contributed by atoms with E-state index in [2.05, 4.69) is 24.5 Å². The largest absolute Gasteiger partial charge is 0.462 e. The first-order valence-electron chi connectivity index (χ1n) is 24.0. The Kier molecular flexibility index (Phi) is 30.8. The minimum Gasteiger partial charge on any atom is -0.462 e. The molecule has 13 heteroatoms. The molecule has 0 radical (unpaired) electrons. The molecular formula is C50H84N2O10S. The second-order valence-electron chi connectivity index (χ2n) is 18.6. The third kappa shape index (κ3) is 32.7. The van der Waals surface area contributed by atoms with Crippen LogP contribution < -0.4 is 10.6 Å². The summed E-state index contributed by atoms with van der Waals surface area (Å²) in [5.74, 6) is -1.69. The number of ether oxygens (including phenoxy) is 4. The van der Waals surface area contributed by atoms with E-state index in [-0.39, 0.29) is 49.3 Å². The Morgan fingerprint density at radius 2 is 1.08 bits per heavy atom. The zero-order valence-corrected chi connectivity index (χ0v) is 41.2. The molecule has 0 spiro atoms. The van der Waals surface area contributed by atoms with Crippen molar-refractivity contribution < 1.29 is 47.7 Å². The van der Waals surface area contributed by atoms with Gasteiger partial charge in [0.05, 0.1) is 0 Å². The predicted octanol–water partition coefficient (Wildman–Crippen LogP) is 11.6. The minimum atomic E-state index is -1.08. The Morgan fingerprint density at radius 1 is 0.587 bits per heavy atom. The van der Waals surface area contributed by atoms with E-state index >= 15 is 0 Å². The van der Waals surface area contributed by atoms with Crippen LogP contribution in [0.2, 0.25) is 0 Å². The summed E-state index contributed by atoms with van der Waals surface area (Å²) in [4.78, 5) is 76.7. The van der Waals surface area contributed by atoms with Crippen LogP contribution in [0.5, 0.6) is 0 Å². The third-order valence-electron chi connectivity index (χ3n) is 9.96. The van der Waals surface area contributed by atoms with E-state index < -0.39 is 41.2 Å². The van der Waals surface area contributed by atoms with E-state index in [1.54, 1.807) is 53.7 Å². The highest BCUT2D eigenvalue weighted by atomic mass is 32.2. The van der Waals surface area contributed by atoms with Gasteiger partial charge >= 0.3 is 23.9 Å². The van der Waals surface area contributed by atoms with Gasteiger partial charge in [0.15, 0.2) is 0 Å². The molecule has 1 aromatic carbocycles. The molecule has 0 saturated carbocycles. The van der Waals surface area contributed by atoms with Crippen LogP contribution in [0.3, 0.4) is 0 Å². The van der Waals surface area contributed by atoms with Crippen LogP contribution in [0.4, 0.5) is 5.69 Å². The van der Waals surface area contributed by atoms with Crippen LogP contribution in [-0.2, 0) is 42.9 Å². The monoisotopic (exact) mass is 905 g/mol. The number of carbonyl (C=O) groups excluding carboxylic acids is 6. The second kappa shape index (κ2) is 33.8. The van der Waals surface area contributed by atoms with Crippen LogP contribution in [-0.4, -0.2) is 77.2 Å². The molecule has 2 amide bonds. The molecule has 0 saturated heterocycles. The highest BCUT2D eigenvalue weighted by molar-refractivity contribution is 7.99. The van der Waals surface area contributed by atoms with Gasteiger partial charge in [-0.25, -0.2) is 4.79 Å². The molecular weight excluding hydrogens is 821 g/mol. The van der Waals surface area contributed by atoms with Gasteiger partial charge in [-0.1, -0.05) is 117 Å². The van der Waals surface area contributed by atoms with E-state index in [9.17, 15) is 28.8 Å². The molecule has 0 aliphatic carbocycles. The lowest BCUT2D eigenvalue weighted by Crippen LogP contribution is -2.44. The Labute approximate surface area is 384 Å². The lowest BCUT2D eigenvalue weighted by molar-refractivity contribution is -0.158. The van der Waals surface area contributed by atoms with Crippen LogP contribution in [0.15, 0.2) is 24.3 Å². The number of thioether (sulfide) groups is 1. The Balaban J connectivity index is 2.66. The number of hydrogen-bond acceptors (Lipinski definition) is 11. The number of hydrogen-bond donors (Lipinski definition) is 2. The van der Waals surface area contributed by atoms with Gasteiger partial charge in [0.2, 0.25) is 5.91 Å². The molecule has 2 atom stereocenters. The highest BCUT2D eigenvalue weighted by Crippen LogP contribution is 2.18. The molecule has 12 nitrogen and oxygen atoms in total. The van der Waals surface area contributed by atoms with Gasteiger partial charge in [-0.15, -0.1) is 0 Å². The van der Waals surface area contributed by atoms with E-state index in [0.29, 0.717) is 30.0 Å². The van der Waals surface area contributed by atoms with Crippen molar-refractivity contribution in [2.45, 2.75) is 226 Å². The summed E-state index contributed by atoms with van der Waals surface area (Å²) in [6.45, 7) is 14.8. The summed E-state index contributed by atoms with van der Waals surface area (Å²) >= 11 is 1.45. The Hall–Kier alpha value is -3.61. The summed E-state index contributed by atoms with van der Waals surface area (Å²) in [7, 11) is 0. The molecule has 63 heavy (non-hydrogen) atoms. The zero-order chi connectivity index (χ0) is 46.9. The molecule has 0 bridgehead atoms. The van der Waals surface area contributed by atoms with Gasteiger partial charge in [-0.3, -0.25) is 24.0 Å². The number of rotatable bonds is 35. The lowest BCUT2D eigenvalue weighted by Gasteiger charge is -2.25. The van der Waals surface area contributed by atoms with Crippen molar-refractivity contribution in [1.82, 2.24) is 5.32 Å². The van der Waals surface area contributed by atoms with Crippen molar-refractivity contribution in [2.24, 2.45) is 0 Å². The molecule has 0 aliphatic heterocycles. The number of anilines is 1. The normalized spacial score (nSPS) is 12.5. The number of amides is 2. The van der Waals surface area contributed by atoms with E-state index in [1.807, 2.05) is 0 Å².